The highest BCUT2D eigenvalue weighted by Crippen LogP contribution is 2.42. The monoisotopic (exact) mass is 207 g/mol. The van der Waals surface area contributed by atoms with Gasteiger partial charge in [-0.1, -0.05) is 0 Å². The van der Waals surface area contributed by atoms with Crippen LogP contribution in [0, 0.1) is 6.92 Å². The summed E-state index contributed by atoms with van der Waals surface area (Å²) in [4.78, 5) is 19.5. The van der Waals surface area contributed by atoms with Gasteiger partial charge in [0.05, 0.1) is 12.8 Å². The number of carbonyl (C=O) groups is 1. The zero-order valence-corrected chi connectivity index (χ0v) is 8.78. The molecule has 0 unspecified atom stereocenters. The van der Waals surface area contributed by atoms with Gasteiger partial charge in [0.15, 0.2) is 5.69 Å². The summed E-state index contributed by atoms with van der Waals surface area (Å²) in [6, 6.07) is 0. The van der Waals surface area contributed by atoms with Crippen molar-refractivity contribution >= 4 is 5.91 Å². The number of rotatable bonds is 3. The highest BCUT2D eigenvalue weighted by atomic mass is 16.5. The normalized spacial score (nSPS) is 15.1. The van der Waals surface area contributed by atoms with E-state index in [1.807, 2.05) is 0 Å². The Labute approximate surface area is 87.7 Å². The first-order chi connectivity index (χ1) is 7.13. The Morgan fingerprint density at radius 1 is 1.47 bits per heavy atom. The maximum absolute atomic E-state index is 11.1. The molecule has 1 aromatic rings. The van der Waals surface area contributed by atoms with Gasteiger partial charge in [0.1, 0.15) is 5.69 Å². The van der Waals surface area contributed by atoms with Crippen LogP contribution in [0.25, 0.3) is 0 Å². The number of nitrogens with two attached hydrogens (primary N) is 1. The van der Waals surface area contributed by atoms with E-state index in [0.717, 1.165) is 18.5 Å². The van der Waals surface area contributed by atoms with Gasteiger partial charge in [-0.25, -0.2) is 9.97 Å². The van der Waals surface area contributed by atoms with Crippen molar-refractivity contribution in [1.82, 2.24) is 9.97 Å². The van der Waals surface area contributed by atoms with Crippen molar-refractivity contribution in [3.63, 3.8) is 0 Å². The molecule has 0 atom stereocenters. The van der Waals surface area contributed by atoms with E-state index >= 15 is 0 Å². The first kappa shape index (κ1) is 9.89. The van der Waals surface area contributed by atoms with Crippen molar-refractivity contribution in [2.24, 2.45) is 5.73 Å². The molecule has 0 radical (unpaired) electrons. The lowest BCUT2D eigenvalue weighted by Gasteiger charge is -2.08. The minimum Gasteiger partial charge on any atom is -0.480 e. The first-order valence-electron chi connectivity index (χ1n) is 4.85. The predicted octanol–water partition coefficient (Wildman–Crippen LogP) is 0.770. The van der Waals surface area contributed by atoms with Gasteiger partial charge in [-0.2, -0.15) is 0 Å². The predicted molar refractivity (Wildman–Crippen MR) is 53.8 cm³/mol. The SMILES string of the molecule is COc1nc(C(N)=O)c(C)nc1C1CC1. The molecule has 5 nitrogen and oxygen atoms in total. The van der Waals surface area contributed by atoms with E-state index in [1.54, 1.807) is 6.92 Å². The first-order valence-corrected chi connectivity index (χ1v) is 4.85. The molecule has 1 aliphatic rings. The highest BCUT2D eigenvalue weighted by molar-refractivity contribution is 5.91. The molecule has 80 valence electrons. The third-order valence-electron chi connectivity index (χ3n) is 2.45. The molecular weight excluding hydrogens is 194 g/mol. The average molecular weight is 207 g/mol. The van der Waals surface area contributed by atoms with Gasteiger partial charge in [0, 0.05) is 5.92 Å². The van der Waals surface area contributed by atoms with E-state index < -0.39 is 5.91 Å². The standard InChI is InChI=1S/C10H13N3O2/c1-5-7(9(11)14)13-10(15-2)8(12-5)6-3-4-6/h6H,3-4H2,1-2H3,(H2,11,14). The lowest BCUT2D eigenvalue weighted by Crippen LogP contribution is -2.17. The fourth-order valence-electron chi connectivity index (χ4n) is 1.53. The summed E-state index contributed by atoms with van der Waals surface area (Å²) in [6.07, 6.45) is 2.22. The van der Waals surface area contributed by atoms with E-state index in [1.165, 1.54) is 7.11 Å². The van der Waals surface area contributed by atoms with Crippen LogP contribution in [0.1, 0.15) is 40.6 Å². The third-order valence-corrected chi connectivity index (χ3v) is 2.45. The van der Waals surface area contributed by atoms with E-state index in [9.17, 15) is 4.79 Å². The van der Waals surface area contributed by atoms with E-state index in [4.69, 9.17) is 10.5 Å². The van der Waals surface area contributed by atoms with Gasteiger partial charge in [-0.15, -0.1) is 0 Å². The van der Waals surface area contributed by atoms with Crippen molar-refractivity contribution in [2.45, 2.75) is 25.7 Å². The molecule has 0 bridgehead atoms. The van der Waals surface area contributed by atoms with Crippen LogP contribution in [0.2, 0.25) is 0 Å². The summed E-state index contributed by atoms with van der Waals surface area (Å²) in [5.41, 5.74) is 6.80. The summed E-state index contributed by atoms with van der Waals surface area (Å²) in [5.74, 6) is 0.297. The Kier molecular flexibility index (Phi) is 2.30. The van der Waals surface area contributed by atoms with Crippen LogP contribution in [0.5, 0.6) is 5.88 Å². The van der Waals surface area contributed by atoms with E-state index in [2.05, 4.69) is 9.97 Å². The number of methoxy groups -OCH3 is 1. The molecule has 5 heteroatoms. The molecule has 1 heterocycles. The topological polar surface area (TPSA) is 78.1 Å². The lowest BCUT2D eigenvalue weighted by molar-refractivity contribution is 0.0993. The van der Waals surface area contributed by atoms with Crippen LogP contribution in [0.15, 0.2) is 0 Å². The van der Waals surface area contributed by atoms with Crippen molar-refractivity contribution in [2.75, 3.05) is 7.11 Å². The largest absolute Gasteiger partial charge is 0.480 e. The van der Waals surface area contributed by atoms with Crippen molar-refractivity contribution < 1.29 is 9.53 Å². The summed E-state index contributed by atoms with van der Waals surface area (Å²) < 4.78 is 5.11. The Morgan fingerprint density at radius 3 is 2.60 bits per heavy atom. The fraction of sp³-hybridized carbons (Fsp3) is 0.500. The van der Waals surface area contributed by atoms with E-state index in [-0.39, 0.29) is 5.69 Å². The van der Waals surface area contributed by atoms with Gasteiger partial charge in [-0.3, -0.25) is 4.79 Å². The number of ether oxygens (including phenoxy) is 1. The second kappa shape index (κ2) is 3.49. The van der Waals surface area contributed by atoms with Crippen LogP contribution in [-0.2, 0) is 0 Å². The van der Waals surface area contributed by atoms with Gasteiger partial charge in [-0.05, 0) is 19.8 Å². The average Bonchev–Trinajstić information content (AvgIpc) is 3.00. The zero-order valence-electron chi connectivity index (χ0n) is 8.78. The van der Waals surface area contributed by atoms with Crippen molar-refractivity contribution in [1.29, 1.82) is 0 Å². The Bertz CT molecular complexity index is 413. The maximum atomic E-state index is 11.1. The van der Waals surface area contributed by atoms with Crippen molar-refractivity contribution in [3.05, 3.63) is 17.1 Å². The lowest BCUT2D eigenvalue weighted by atomic mass is 10.2. The number of hydrogen-bond acceptors (Lipinski definition) is 4. The molecule has 0 aliphatic heterocycles. The minimum atomic E-state index is -0.569. The molecule has 2 rings (SSSR count). The molecule has 1 fully saturated rings. The molecule has 0 aromatic carbocycles. The number of hydrogen-bond donors (Lipinski definition) is 1. The second-order valence-corrected chi connectivity index (χ2v) is 3.69. The smallest absolute Gasteiger partial charge is 0.269 e. The maximum Gasteiger partial charge on any atom is 0.269 e. The number of carbonyl (C=O) groups excluding carboxylic acids is 1. The zero-order chi connectivity index (χ0) is 11.0. The van der Waals surface area contributed by atoms with E-state index in [0.29, 0.717) is 17.5 Å². The summed E-state index contributed by atoms with van der Waals surface area (Å²) >= 11 is 0. The molecule has 0 spiro atoms. The van der Waals surface area contributed by atoms with Crippen LogP contribution < -0.4 is 10.5 Å². The Hall–Kier alpha value is -1.65. The third kappa shape index (κ3) is 1.77. The van der Waals surface area contributed by atoms with Gasteiger partial charge in [0.2, 0.25) is 5.88 Å². The molecule has 2 N–H and O–H groups in total. The van der Waals surface area contributed by atoms with Crippen LogP contribution in [-0.4, -0.2) is 23.0 Å². The van der Waals surface area contributed by atoms with Crippen LogP contribution >= 0.6 is 0 Å². The Balaban J connectivity index is 2.49. The fourth-order valence-corrected chi connectivity index (χ4v) is 1.53. The minimum absolute atomic E-state index is 0.191. The van der Waals surface area contributed by atoms with Crippen LogP contribution in [0.4, 0.5) is 0 Å². The second-order valence-electron chi connectivity index (χ2n) is 3.69. The number of primary amides is 1. The number of aryl methyl sites for hydroxylation is 1. The quantitative estimate of drug-likeness (QED) is 0.794. The number of nitrogens with zero attached hydrogens (tertiary/aromatic N) is 2. The van der Waals surface area contributed by atoms with Gasteiger partial charge in [0.25, 0.3) is 5.91 Å². The molecule has 1 aliphatic carbocycles. The molecule has 15 heavy (non-hydrogen) atoms. The summed E-state index contributed by atoms with van der Waals surface area (Å²) in [7, 11) is 1.52. The molecule has 0 saturated heterocycles. The molecule has 1 amide bonds. The highest BCUT2D eigenvalue weighted by Gasteiger charge is 2.30. The Morgan fingerprint density at radius 2 is 2.13 bits per heavy atom. The van der Waals surface area contributed by atoms with Crippen molar-refractivity contribution in [3.8, 4) is 5.88 Å². The molecule has 1 saturated carbocycles. The summed E-state index contributed by atoms with van der Waals surface area (Å²) in [6.45, 7) is 1.73. The number of amides is 1. The van der Waals surface area contributed by atoms with Gasteiger partial charge < -0.3 is 10.5 Å². The molecular formula is C10H13N3O2. The van der Waals surface area contributed by atoms with Crippen LogP contribution in [0.3, 0.4) is 0 Å². The number of aromatic nitrogens is 2. The van der Waals surface area contributed by atoms with Gasteiger partial charge >= 0.3 is 0 Å². The molecule has 1 aromatic heterocycles. The summed E-state index contributed by atoms with van der Waals surface area (Å²) in [5, 5.41) is 0.